The summed E-state index contributed by atoms with van der Waals surface area (Å²) < 4.78 is 30.0. The third-order valence-electron chi connectivity index (χ3n) is 5.31. The summed E-state index contributed by atoms with van der Waals surface area (Å²) >= 11 is 0. The van der Waals surface area contributed by atoms with E-state index in [-0.39, 0.29) is 5.78 Å². The lowest BCUT2D eigenvalue weighted by atomic mass is 9.47. The number of esters is 1. The van der Waals surface area contributed by atoms with Gasteiger partial charge in [0, 0.05) is 12.3 Å². The number of alkyl halides is 2. The summed E-state index contributed by atoms with van der Waals surface area (Å²) in [4.78, 5) is 23.5. The lowest BCUT2D eigenvalue weighted by Crippen LogP contribution is -2.58. The molecule has 0 amide bonds. The second-order valence-electron chi connectivity index (χ2n) is 7.35. The summed E-state index contributed by atoms with van der Waals surface area (Å²) in [6.45, 7) is -0.162. The van der Waals surface area contributed by atoms with Gasteiger partial charge in [-0.05, 0) is 50.4 Å². The van der Waals surface area contributed by atoms with Crippen molar-refractivity contribution in [3.8, 4) is 0 Å². The molecule has 0 saturated heterocycles. The van der Waals surface area contributed by atoms with Gasteiger partial charge in [-0.1, -0.05) is 0 Å². The summed E-state index contributed by atoms with van der Waals surface area (Å²) in [5, 5.41) is 10.5. The van der Waals surface area contributed by atoms with E-state index in [9.17, 15) is 23.5 Å². The molecular weight excluding hydrogens is 282 g/mol. The second-order valence-corrected chi connectivity index (χ2v) is 7.35. The van der Waals surface area contributed by atoms with E-state index >= 15 is 0 Å². The van der Waals surface area contributed by atoms with Crippen molar-refractivity contribution in [1.29, 1.82) is 0 Å². The Labute approximate surface area is 121 Å². The third-order valence-corrected chi connectivity index (χ3v) is 5.31. The number of hydrogen-bond donors (Lipinski definition) is 1. The first-order valence-corrected chi connectivity index (χ1v) is 7.43. The summed E-state index contributed by atoms with van der Waals surface area (Å²) in [6, 6.07) is 0. The predicted octanol–water partition coefficient (Wildman–Crippen LogP) is 2.09. The van der Waals surface area contributed by atoms with Crippen LogP contribution < -0.4 is 0 Å². The third kappa shape index (κ3) is 2.58. The molecule has 21 heavy (non-hydrogen) atoms. The SMILES string of the molecule is CC(F)(F)C(=O)OCC(=O)C12CC3CC(CC(O)(C3)C1)C2. The van der Waals surface area contributed by atoms with Gasteiger partial charge in [-0.2, -0.15) is 8.78 Å². The average Bonchev–Trinajstić information content (AvgIpc) is 2.31. The molecule has 2 atom stereocenters. The molecule has 4 nitrogen and oxygen atoms in total. The number of rotatable bonds is 4. The fraction of sp³-hybridized carbons (Fsp3) is 0.867. The van der Waals surface area contributed by atoms with Crippen LogP contribution in [0.4, 0.5) is 8.78 Å². The zero-order valence-corrected chi connectivity index (χ0v) is 12.0. The second kappa shape index (κ2) is 4.48. The van der Waals surface area contributed by atoms with Gasteiger partial charge in [0.05, 0.1) is 5.60 Å². The van der Waals surface area contributed by atoms with Crippen LogP contribution in [0.5, 0.6) is 0 Å². The Morgan fingerprint density at radius 2 is 1.81 bits per heavy atom. The summed E-state index contributed by atoms with van der Waals surface area (Å²) in [6.07, 6.45) is 4.24. The molecule has 4 aliphatic rings. The maximum atomic E-state index is 12.8. The van der Waals surface area contributed by atoms with Crippen molar-refractivity contribution in [2.75, 3.05) is 6.61 Å². The Hall–Kier alpha value is -1.04. The Morgan fingerprint density at radius 1 is 1.24 bits per heavy atom. The number of aliphatic hydroxyl groups is 1. The van der Waals surface area contributed by atoms with Gasteiger partial charge >= 0.3 is 11.9 Å². The number of carbonyl (C=O) groups is 2. The van der Waals surface area contributed by atoms with Crippen LogP contribution in [0, 0.1) is 17.3 Å². The molecule has 4 aliphatic carbocycles. The molecule has 0 aliphatic heterocycles. The van der Waals surface area contributed by atoms with Crippen LogP contribution in [0.3, 0.4) is 0 Å². The van der Waals surface area contributed by atoms with E-state index in [1.165, 1.54) is 0 Å². The van der Waals surface area contributed by atoms with E-state index in [0.717, 1.165) is 19.3 Å². The smallest absolute Gasteiger partial charge is 0.377 e. The molecule has 0 aromatic rings. The fourth-order valence-electron chi connectivity index (χ4n) is 4.95. The Balaban J connectivity index is 1.69. The van der Waals surface area contributed by atoms with Gasteiger partial charge < -0.3 is 9.84 Å². The highest BCUT2D eigenvalue weighted by atomic mass is 19.3. The van der Waals surface area contributed by atoms with Crippen molar-refractivity contribution >= 4 is 11.8 Å². The number of ketones is 1. The predicted molar refractivity (Wildman–Crippen MR) is 68.7 cm³/mol. The van der Waals surface area contributed by atoms with Crippen molar-refractivity contribution in [1.82, 2.24) is 0 Å². The van der Waals surface area contributed by atoms with Gasteiger partial charge in [0.1, 0.15) is 0 Å². The highest BCUT2D eigenvalue weighted by Crippen LogP contribution is 2.61. The molecule has 6 heteroatoms. The van der Waals surface area contributed by atoms with Crippen molar-refractivity contribution < 1.29 is 28.2 Å². The lowest BCUT2D eigenvalue weighted by Gasteiger charge is -2.59. The first kappa shape index (κ1) is 14.9. The highest BCUT2D eigenvalue weighted by Gasteiger charge is 2.60. The quantitative estimate of drug-likeness (QED) is 0.808. The number of hydrogen-bond acceptors (Lipinski definition) is 4. The molecule has 0 heterocycles. The van der Waals surface area contributed by atoms with Gasteiger partial charge in [-0.25, -0.2) is 4.79 Å². The van der Waals surface area contributed by atoms with Crippen molar-refractivity contribution in [2.45, 2.75) is 57.0 Å². The van der Waals surface area contributed by atoms with Crippen molar-refractivity contribution in [3.63, 3.8) is 0 Å². The van der Waals surface area contributed by atoms with E-state index in [1.54, 1.807) is 0 Å². The normalized spacial score (nSPS) is 41.1. The lowest BCUT2D eigenvalue weighted by molar-refractivity contribution is -0.185. The van der Waals surface area contributed by atoms with E-state index in [0.29, 0.717) is 38.0 Å². The molecule has 4 saturated carbocycles. The minimum absolute atomic E-state index is 0.312. The number of carbonyl (C=O) groups excluding carboxylic acids is 2. The Kier molecular flexibility index (Phi) is 3.17. The summed E-state index contributed by atoms with van der Waals surface area (Å²) in [5.74, 6) is -4.92. The van der Waals surface area contributed by atoms with Gasteiger partial charge in [0.2, 0.25) is 0 Å². The highest BCUT2D eigenvalue weighted by molar-refractivity contribution is 5.89. The molecule has 118 valence electrons. The van der Waals surface area contributed by atoms with E-state index in [1.807, 2.05) is 0 Å². The molecule has 4 rings (SSSR count). The molecule has 0 aromatic carbocycles. The molecule has 4 bridgehead atoms. The van der Waals surface area contributed by atoms with Crippen LogP contribution in [0.1, 0.15) is 45.4 Å². The maximum absolute atomic E-state index is 12.8. The minimum Gasteiger partial charge on any atom is -0.453 e. The van der Waals surface area contributed by atoms with Crippen LogP contribution in [0.2, 0.25) is 0 Å². The van der Waals surface area contributed by atoms with Crippen molar-refractivity contribution in [2.24, 2.45) is 17.3 Å². The minimum atomic E-state index is -3.58. The average molecular weight is 302 g/mol. The molecule has 0 spiro atoms. The molecule has 0 radical (unpaired) electrons. The van der Waals surface area contributed by atoms with Crippen LogP contribution >= 0.6 is 0 Å². The van der Waals surface area contributed by atoms with Gasteiger partial charge in [-0.3, -0.25) is 4.79 Å². The standard InChI is InChI=1S/C15H20F2O4/c1-13(16,17)12(19)21-7-11(18)14-3-9-2-10(4-14)6-15(20,5-9)8-14/h9-10,20H,2-8H2,1H3. The van der Waals surface area contributed by atoms with E-state index in [4.69, 9.17) is 0 Å². The zero-order valence-electron chi connectivity index (χ0n) is 12.0. The Bertz CT molecular complexity index is 469. The molecule has 2 unspecified atom stereocenters. The monoisotopic (exact) mass is 302 g/mol. The van der Waals surface area contributed by atoms with Gasteiger partial charge in [0.25, 0.3) is 0 Å². The molecule has 0 aromatic heterocycles. The van der Waals surface area contributed by atoms with E-state index in [2.05, 4.69) is 4.74 Å². The summed E-state index contributed by atoms with van der Waals surface area (Å²) in [7, 11) is 0. The molecular formula is C15H20F2O4. The van der Waals surface area contributed by atoms with Gasteiger partial charge in [-0.15, -0.1) is 0 Å². The summed E-state index contributed by atoms with van der Waals surface area (Å²) in [5.41, 5.74) is -1.47. The maximum Gasteiger partial charge on any atom is 0.377 e. The topological polar surface area (TPSA) is 63.6 Å². The van der Waals surface area contributed by atoms with E-state index < -0.39 is 29.5 Å². The first-order valence-electron chi connectivity index (χ1n) is 7.43. The van der Waals surface area contributed by atoms with Crippen LogP contribution in [0.15, 0.2) is 0 Å². The number of ether oxygens (including phenoxy) is 1. The Morgan fingerprint density at radius 3 is 2.29 bits per heavy atom. The zero-order chi connectivity index (χ0) is 15.5. The van der Waals surface area contributed by atoms with Gasteiger partial charge in [0.15, 0.2) is 12.4 Å². The van der Waals surface area contributed by atoms with Crippen LogP contribution in [-0.2, 0) is 14.3 Å². The molecule has 4 fully saturated rings. The number of halogens is 2. The first-order chi connectivity index (χ1) is 9.62. The molecule has 1 N–H and O–H groups in total. The largest absolute Gasteiger partial charge is 0.453 e. The fourth-order valence-corrected chi connectivity index (χ4v) is 4.95. The number of Topliss-reactive ketones (excluding diaryl/α,β-unsaturated/α-hetero) is 1. The van der Waals surface area contributed by atoms with Crippen LogP contribution in [0.25, 0.3) is 0 Å². The van der Waals surface area contributed by atoms with Crippen molar-refractivity contribution in [3.05, 3.63) is 0 Å². The van der Waals surface area contributed by atoms with Crippen LogP contribution in [-0.4, -0.2) is 35.0 Å².